The lowest BCUT2D eigenvalue weighted by Gasteiger charge is -2.11. The summed E-state index contributed by atoms with van der Waals surface area (Å²) in [5.41, 5.74) is 1.96. The van der Waals surface area contributed by atoms with Crippen molar-refractivity contribution in [2.75, 3.05) is 38.6 Å². The number of hydrogen-bond donors (Lipinski definition) is 2. The highest BCUT2D eigenvalue weighted by molar-refractivity contribution is 5.95. The number of nitrogens with one attached hydrogen (secondary N) is 2. The van der Waals surface area contributed by atoms with Crippen LogP contribution >= 0.6 is 0 Å². The van der Waals surface area contributed by atoms with Crippen molar-refractivity contribution in [3.05, 3.63) is 48.0 Å². The van der Waals surface area contributed by atoms with Crippen molar-refractivity contribution in [1.29, 1.82) is 0 Å². The molecule has 7 nitrogen and oxygen atoms in total. The number of carbonyl (C=O) groups is 2. The minimum atomic E-state index is -0.263. The average molecular weight is 358 g/mol. The molecule has 0 aliphatic heterocycles. The molecule has 2 N–H and O–H groups in total. The molecule has 26 heavy (non-hydrogen) atoms. The van der Waals surface area contributed by atoms with Crippen LogP contribution in [0.1, 0.15) is 5.56 Å². The van der Waals surface area contributed by atoms with Crippen LogP contribution in [0.25, 0.3) is 0 Å². The smallest absolute Gasteiger partial charge is 0.250 e. The Bertz CT molecular complexity index is 776. The lowest BCUT2D eigenvalue weighted by atomic mass is 10.1. The van der Waals surface area contributed by atoms with Gasteiger partial charge in [-0.1, -0.05) is 12.1 Å². The fraction of sp³-hybridized carbons (Fsp3) is 0.263. The summed E-state index contributed by atoms with van der Waals surface area (Å²) in [6, 6.07) is 12.2. The predicted octanol–water partition coefficient (Wildman–Crippen LogP) is 2.47. The molecule has 0 heterocycles. The Balaban J connectivity index is 2.00. The number of anilines is 2. The van der Waals surface area contributed by atoms with Crippen LogP contribution in [0.2, 0.25) is 0 Å². The van der Waals surface area contributed by atoms with Crippen molar-refractivity contribution in [2.24, 2.45) is 0 Å². The van der Waals surface area contributed by atoms with Gasteiger partial charge in [0.1, 0.15) is 6.61 Å². The predicted molar refractivity (Wildman–Crippen MR) is 98.8 cm³/mol. The zero-order valence-electron chi connectivity index (χ0n) is 15.0. The van der Waals surface area contributed by atoms with E-state index in [0.717, 1.165) is 5.56 Å². The second kappa shape index (κ2) is 9.43. The van der Waals surface area contributed by atoms with Gasteiger partial charge in [-0.2, -0.15) is 0 Å². The van der Waals surface area contributed by atoms with E-state index in [1.54, 1.807) is 50.6 Å². The molecule has 0 aliphatic carbocycles. The molecule has 2 amide bonds. The van der Waals surface area contributed by atoms with Gasteiger partial charge < -0.3 is 24.8 Å². The van der Waals surface area contributed by atoms with Crippen LogP contribution in [0.4, 0.5) is 11.4 Å². The first kappa shape index (κ1) is 19.3. The molecule has 0 atom stereocenters. The topological polar surface area (TPSA) is 85.9 Å². The minimum Gasteiger partial charge on any atom is -0.493 e. The van der Waals surface area contributed by atoms with E-state index in [-0.39, 0.29) is 24.8 Å². The van der Waals surface area contributed by atoms with Crippen LogP contribution in [0, 0.1) is 0 Å². The van der Waals surface area contributed by atoms with Crippen LogP contribution in [0.15, 0.2) is 42.5 Å². The zero-order chi connectivity index (χ0) is 18.9. The largest absolute Gasteiger partial charge is 0.493 e. The number of amides is 2. The molecule has 0 unspecified atom stereocenters. The summed E-state index contributed by atoms with van der Waals surface area (Å²) in [4.78, 5) is 23.8. The number of benzene rings is 2. The van der Waals surface area contributed by atoms with Crippen molar-refractivity contribution in [3.63, 3.8) is 0 Å². The second-order valence-electron chi connectivity index (χ2n) is 5.48. The van der Waals surface area contributed by atoms with E-state index in [2.05, 4.69) is 10.6 Å². The molecule has 7 heteroatoms. The summed E-state index contributed by atoms with van der Waals surface area (Å²) in [6.07, 6.45) is 0.181. The van der Waals surface area contributed by atoms with Gasteiger partial charge in [-0.3, -0.25) is 9.59 Å². The minimum absolute atomic E-state index is 0.0319. The van der Waals surface area contributed by atoms with E-state index in [9.17, 15) is 9.59 Å². The Labute approximate surface area is 152 Å². The Morgan fingerprint density at radius 1 is 0.846 bits per heavy atom. The first-order valence-corrected chi connectivity index (χ1v) is 7.95. The van der Waals surface area contributed by atoms with Crippen LogP contribution in [-0.2, 0) is 20.7 Å². The van der Waals surface area contributed by atoms with Crippen LogP contribution < -0.4 is 20.1 Å². The maximum Gasteiger partial charge on any atom is 0.250 e. The third kappa shape index (κ3) is 5.49. The Kier molecular flexibility index (Phi) is 6.99. The molecule has 0 aliphatic rings. The standard InChI is InChI=1S/C19H22N2O5/c1-24-12-19(23)21-15-6-4-5-14(11-15)20-18(22)10-13-7-8-16(25-2)17(9-13)26-3/h4-9,11H,10,12H2,1-3H3,(H,20,22)(H,21,23). The van der Waals surface area contributed by atoms with Crippen molar-refractivity contribution < 1.29 is 23.8 Å². The summed E-state index contributed by atoms with van der Waals surface area (Å²) in [6.45, 7) is -0.0319. The van der Waals surface area contributed by atoms with Crippen molar-refractivity contribution in [3.8, 4) is 11.5 Å². The molecule has 0 bridgehead atoms. The van der Waals surface area contributed by atoms with E-state index in [4.69, 9.17) is 14.2 Å². The number of hydrogen-bond acceptors (Lipinski definition) is 5. The molecular formula is C19H22N2O5. The molecule has 0 saturated carbocycles. The molecule has 0 saturated heterocycles. The highest BCUT2D eigenvalue weighted by Gasteiger charge is 2.09. The van der Waals surface area contributed by atoms with Crippen molar-refractivity contribution >= 4 is 23.2 Å². The highest BCUT2D eigenvalue weighted by atomic mass is 16.5. The number of ether oxygens (including phenoxy) is 3. The molecule has 2 aromatic carbocycles. The highest BCUT2D eigenvalue weighted by Crippen LogP contribution is 2.27. The molecule has 0 fully saturated rings. The molecule has 0 radical (unpaired) electrons. The number of rotatable bonds is 8. The van der Waals surface area contributed by atoms with E-state index in [0.29, 0.717) is 22.9 Å². The Morgan fingerprint density at radius 2 is 1.50 bits per heavy atom. The first-order valence-electron chi connectivity index (χ1n) is 7.95. The summed E-state index contributed by atoms with van der Waals surface area (Å²) < 4.78 is 15.2. The summed E-state index contributed by atoms with van der Waals surface area (Å²) in [5, 5.41) is 5.50. The maximum absolute atomic E-state index is 12.3. The SMILES string of the molecule is COCC(=O)Nc1cccc(NC(=O)Cc2ccc(OC)c(OC)c2)c1. The van der Waals surface area contributed by atoms with E-state index in [1.807, 2.05) is 6.07 Å². The molecule has 2 rings (SSSR count). The van der Waals surface area contributed by atoms with Gasteiger partial charge in [-0.25, -0.2) is 0 Å². The summed E-state index contributed by atoms with van der Waals surface area (Å²) >= 11 is 0. The van der Waals surface area contributed by atoms with Crippen molar-refractivity contribution in [1.82, 2.24) is 0 Å². The van der Waals surface area contributed by atoms with Gasteiger partial charge in [0, 0.05) is 18.5 Å². The van der Waals surface area contributed by atoms with Crippen LogP contribution in [0.3, 0.4) is 0 Å². The van der Waals surface area contributed by atoms with Gasteiger partial charge in [-0.15, -0.1) is 0 Å². The second-order valence-corrected chi connectivity index (χ2v) is 5.48. The lowest BCUT2D eigenvalue weighted by molar-refractivity contribution is -0.119. The van der Waals surface area contributed by atoms with Crippen LogP contribution in [-0.4, -0.2) is 39.8 Å². The summed E-state index contributed by atoms with van der Waals surface area (Å²) in [5.74, 6) is 0.732. The van der Waals surface area contributed by atoms with Gasteiger partial charge in [0.05, 0.1) is 20.6 Å². The van der Waals surface area contributed by atoms with Gasteiger partial charge in [-0.05, 0) is 35.9 Å². The summed E-state index contributed by atoms with van der Waals surface area (Å²) in [7, 11) is 4.55. The zero-order valence-corrected chi connectivity index (χ0v) is 15.0. The normalized spacial score (nSPS) is 10.1. The molecule has 0 aromatic heterocycles. The third-order valence-electron chi connectivity index (χ3n) is 3.52. The number of carbonyl (C=O) groups excluding carboxylic acids is 2. The average Bonchev–Trinajstić information content (AvgIpc) is 2.62. The first-order chi connectivity index (χ1) is 12.5. The Hall–Kier alpha value is -3.06. The number of methoxy groups -OCH3 is 3. The quantitative estimate of drug-likeness (QED) is 0.757. The maximum atomic E-state index is 12.3. The molecule has 2 aromatic rings. The molecular weight excluding hydrogens is 336 g/mol. The van der Waals surface area contributed by atoms with E-state index in [1.165, 1.54) is 7.11 Å². The van der Waals surface area contributed by atoms with Crippen molar-refractivity contribution in [2.45, 2.75) is 6.42 Å². The third-order valence-corrected chi connectivity index (χ3v) is 3.52. The fourth-order valence-electron chi connectivity index (χ4n) is 2.38. The Morgan fingerprint density at radius 3 is 2.12 bits per heavy atom. The van der Waals surface area contributed by atoms with Gasteiger partial charge in [0.2, 0.25) is 11.8 Å². The van der Waals surface area contributed by atoms with Gasteiger partial charge in [0.15, 0.2) is 11.5 Å². The fourth-order valence-corrected chi connectivity index (χ4v) is 2.38. The molecule has 0 spiro atoms. The lowest BCUT2D eigenvalue weighted by Crippen LogP contribution is -2.18. The monoisotopic (exact) mass is 358 g/mol. The van der Waals surface area contributed by atoms with Gasteiger partial charge in [0.25, 0.3) is 0 Å². The van der Waals surface area contributed by atoms with E-state index >= 15 is 0 Å². The molecule has 138 valence electrons. The van der Waals surface area contributed by atoms with Crippen LogP contribution in [0.5, 0.6) is 11.5 Å². The van der Waals surface area contributed by atoms with Gasteiger partial charge >= 0.3 is 0 Å². The van der Waals surface area contributed by atoms with E-state index < -0.39 is 0 Å².